The molecule has 2 aromatic carbocycles. The average Bonchev–Trinajstić information content (AvgIpc) is 3.25. The van der Waals surface area contributed by atoms with Gasteiger partial charge in [0.15, 0.2) is 5.78 Å². The van der Waals surface area contributed by atoms with Crippen molar-refractivity contribution in [3.8, 4) is 0 Å². The summed E-state index contributed by atoms with van der Waals surface area (Å²) in [6.45, 7) is 7.48. The molecule has 2 aliphatic rings. The summed E-state index contributed by atoms with van der Waals surface area (Å²) in [5.41, 5.74) is 4.67. The molecule has 2 heterocycles. The van der Waals surface area contributed by atoms with Crippen molar-refractivity contribution in [2.24, 2.45) is 0 Å². The van der Waals surface area contributed by atoms with Gasteiger partial charge in [0.2, 0.25) is 5.91 Å². The lowest BCUT2D eigenvalue weighted by Gasteiger charge is -2.27. The number of carbonyl (C=O) groups is 3. The highest BCUT2D eigenvalue weighted by atomic mass is 16.6. The number of benzene rings is 2. The van der Waals surface area contributed by atoms with Gasteiger partial charge in [-0.1, -0.05) is 30.3 Å². The molecule has 4 rings (SSSR count). The van der Waals surface area contributed by atoms with Crippen LogP contribution in [0.2, 0.25) is 0 Å². The first-order valence-corrected chi connectivity index (χ1v) is 12.7. The fraction of sp³-hybridized carbons (Fsp3) is 0.483. The van der Waals surface area contributed by atoms with Crippen molar-refractivity contribution in [2.45, 2.75) is 71.3 Å². The summed E-state index contributed by atoms with van der Waals surface area (Å²) < 4.78 is 5.62. The fourth-order valence-corrected chi connectivity index (χ4v) is 4.88. The number of carbonyl (C=O) groups excluding carboxylic acids is 3. The molecule has 2 aromatic rings. The highest BCUT2D eigenvalue weighted by Crippen LogP contribution is 2.37. The quantitative estimate of drug-likeness (QED) is 0.361. The monoisotopic (exact) mass is 476 g/mol. The number of aryl methyl sites for hydroxylation is 1. The molecule has 0 fully saturated rings. The number of rotatable bonds is 9. The van der Waals surface area contributed by atoms with E-state index in [0.717, 1.165) is 48.2 Å². The van der Waals surface area contributed by atoms with E-state index in [9.17, 15) is 14.4 Å². The molecule has 0 spiro atoms. The molecule has 2 amide bonds. The van der Waals surface area contributed by atoms with Crippen LogP contribution in [0.4, 0.5) is 10.5 Å². The van der Waals surface area contributed by atoms with E-state index in [1.807, 2.05) is 56.0 Å². The van der Waals surface area contributed by atoms with Crippen molar-refractivity contribution >= 4 is 23.5 Å². The Balaban J connectivity index is 1.32. The zero-order valence-corrected chi connectivity index (χ0v) is 21.1. The number of ketones is 1. The first-order chi connectivity index (χ1) is 16.7. The summed E-state index contributed by atoms with van der Waals surface area (Å²) in [6.07, 6.45) is 4.40. The first kappa shape index (κ1) is 25.0. The van der Waals surface area contributed by atoms with Crippen molar-refractivity contribution in [3.63, 3.8) is 0 Å². The molecule has 6 heteroatoms. The van der Waals surface area contributed by atoms with E-state index in [1.165, 1.54) is 5.56 Å². The molecule has 2 aliphatic heterocycles. The zero-order valence-electron chi connectivity index (χ0n) is 21.1. The number of anilines is 1. The molecule has 0 saturated heterocycles. The van der Waals surface area contributed by atoms with E-state index < -0.39 is 5.60 Å². The number of hydrogen-bond donors (Lipinski definition) is 0. The van der Waals surface area contributed by atoms with E-state index >= 15 is 0 Å². The smallest absolute Gasteiger partial charge is 0.410 e. The molecule has 0 aliphatic carbocycles. The van der Waals surface area contributed by atoms with Gasteiger partial charge >= 0.3 is 6.09 Å². The van der Waals surface area contributed by atoms with E-state index in [-0.39, 0.29) is 17.8 Å². The molecule has 0 radical (unpaired) electrons. The summed E-state index contributed by atoms with van der Waals surface area (Å²) in [7, 11) is 0. The van der Waals surface area contributed by atoms with Gasteiger partial charge in [0.1, 0.15) is 5.60 Å². The summed E-state index contributed by atoms with van der Waals surface area (Å²) in [5.74, 6) is 0.324. The fourth-order valence-electron chi connectivity index (χ4n) is 4.88. The van der Waals surface area contributed by atoms with Crippen LogP contribution in [0.15, 0.2) is 42.5 Å². The number of nitrogens with zero attached hydrogens (tertiary/aromatic N) is 2. The van der Waals surface area contributed by atoms with Crippen LogP contribution >= 0.6 is 0 Å². The van der Waals surface area contributed by atoms with Gasteiger partial charge in [0.05, 0.1) is 5.69 Å². The second-order valence-corrected chi connectivity index (χ2v) is 10.5. The molecule has 0 saturated carbocycles. The van der Waals surface area contributed by atoms with Crippen LogP contribution in [0.1, 0.15) is 73.5 Å². The Bertz CT molecular complexity index is 1090. The van der Waals surface area contributed by atoms with E-state index in [1.54, 1.807) is 4.90 Å². The Morgan fingerprint density at radius 2 is 1.69 bits per heavy atom. The standard InChI is InChI=1S/C29H36N2O4/c1-29(2,3)35-28(34)30(17-14-21-9-5-4-6-10-21)16-8-7-11-25(32)24-19-22-12-13-26(33)31-18-15-23(20-24)27(22)31/h4-6,9-10,19-20H,7-8,11-18H2,1-3H3. The van der Waals surface area contributed by atoms with Crippen molar-refractivity contribution in [3.05, 3.63) is 64.7 Å². The molecule has 0 bridgehead atoms. The maximum atomic E-state index is 13.0. The van der Waals surface area contributed by atoms with E-state index in [2.05, 4.69) is 12.1 Å². The Kier molecular flexibility index (Phi) is 7.58. The predicted octanol–water partition coefficient (Wildman–Crippen LogP) is 5.35. The zero-order chi connectivity index (χ0) is 25.0. The molecular formula is C29H36N2O4. The Morgan fingerprint density at radius 1 is 0.971 bits per heavy atom. The highest BCUT2D eigenvalue weighted by molar-refractivity contribution is 6.02. The van der Waals surface area contributed by atoms with E-state index in [0.29, 0.717) is 38.8 Å². The van der Waals surface area contributed by atoms with Crippen molar-refractivity contribution in [1.82, 2.24) is 4.90 Å². The summed E-state index contributed by atoms with van der Waals surface area (Å²) in [4.78, 5) is 41.5. The Labute approximate surface area is 208 Å². The number of Topliss-reactive ketones (excluding diaryl/α,β-unsaturated/α-hetero) is 1. The lowest BCUT2D eigenvalue weighted by Crippen LogP contribution is -2.38. The number of ether oxygens (including phenoxy) is 1. The van der Waals surface area contributed by atoms with Crippen molar-refractivity contribution in [2.75, 3.05) is 24.5 Å². The normalized spacial score (nSPS) is 14.6. The minimum absolute atomic E-state index is 0.132. The molecule has 186 valence electrons. The average molecular weight is 477 g/mol. The summed E-state index contributed by atoms with van der Waals surface area (Å²) in [5, 5.41) is 0. The molecule has 6 nitrogen and oxygen atoms in total. The molecule has 0 N–H and O–H groups in total. The first-order valence-electron chi connectivity index (χ1n) is 12.7. The maximum absolute atomic E-state index is 13.0. The maximum Gasteiger partial charge on any atom is 0.410 e. The largest absolute Gasteiger partial charge is 0.444 e. The lowest BCUT2D eigenvalue weighted by molar-refractivity contribution is -0.118. The van der Waals surface area contributed by atoms with Crippen LogP contribution in [0, 0.1) is 0 Å². The third kappa shape index (κ3) is 6.30. The minimum Gasteiger partial charge on any atom is -0.444 e. The molecule has 0 aromatic heterocycles. The topological polar surface area (TPSA) is 66.9 Å². The second-order valence-electron chi connectivity index (χ2n) is 10.5. The number of hydrogen-bond acceptors (Lipinski definition) is 4. The van der Waals surface area contributed by atoms with Crippen LogP contribution in [-0.4, -0.2) is 47.9 Å². The number of amides is 2. The molecule has 35 heavy (non-hydrogen) atoms. The van der Waals surface area contributed by atoms with Crippen LogP contribution in [0.5, 0.6) is 0 Å². The van der Waals surface area contributed by atoms with Gasteiger partial charge in [0, 0.05) is 38.0 Å². The van der Waals surface area contributed by atoms with Gasteiger partial charge in [-0.25, -0.2) is 4.79 Å². The molecule has 0 unspecified atom stereocenters. The number of unbranched alkanes of at least 4 members (excludes halogenated alkanes) is 1. The summed E-state index contributed by atoms with van der Waals surface area (Å²) in [6, 6.07) is 14.1. The lowest BCUT2D eigenvalue weighted by atomic mass is 9.94. The van der Waals surface area contributed by atoms with Gasteiger partial charge in [-0.2, -0.15) is 0 Å². The van der Waals surface area contributed by atoms with Gasteiger partial charge in [-0.3, -0.25) is 9.59 Å². The Morgan fingerprint density at radius 3 is 2.40 bits per heavy atom. The van der Waals surface area contributed by atoms with Crippen molar-refractivity contribution < 1.29 is 19.1 Å². The highest BCUT2D eigenvalue weighted by Gasteiger charge is 2.32. The third-order valence-corrected chi connectivity index (χ3v) is 6.62. The second kappa shape index (κ2) is 10.6. The van der Waals surface area contributed by atoms with Crippen LogP contribution in [0.25, 0.3) is 0 Å². The van der Waals surface area contributed by atoms with Gasteiger partial charge in [0.25, 0.3) is 0 Å². The van der Waals surface area contributed by atoms with Crippen LogP contribution in [-0.2, 0) is 28.8 Å². The van der Waals surface area contributed by atoms with Crippen LogP contribution < -0.4 is 4.90 Å². The van der Waals surface area contributed by atoms with Crippen LogP contribution in [0.3, 0.4) is 0 Å². The predicted molar refractivity (Wildman–Crippen MR) is 137 cm³/mol. The van der Waals surface area contributed by atoms with Gasteiger partial charge < -0.3 is 14.5 Å². The van der Waals surface area contributed by atoms with E-state index in [4.69, 9.17) is 4.74 Å². The Hall–Kier alpha value is -3.15. The third-order valence-electron chi connectivity index (χ3n) is 6.62. The molecular weight excluding hydrogens is 440 g/mol. The van der Waals surface area contributed by atoms with Crippen molar-refractivity contribution in [1.29, 1.82) is 0 Å². The minimum atomic E-state index is -0.550. The molecule has 0 atom stereocenters. The van der Waals surface area contributed by atoms with Gasteiger partial charge in [-0.15, -0.1) is 0 Å². The SMILES string of the molecule is CC(C)(C)OC(=O)N(CCCCC(=O)c1cc2c3c(c1)CCN3C(=O)CC2)CCc1ccccc1. The summed E-state index contributed by atoms with van der Waals surface area (Å²) >= 11 is 0. The van der Waals surface area contributed by atoms with Gasteiger partial charge in [-0.05, 0) is 81.7 Å².